The molecule has 0 aliphatic rings. The number of nitrogens with one attached hydrogen (secondary N) is 2. The number of unbranched alkanes of at least 4 members (excludes halogenated alkanes) is 1. The van der Waals surface area contributed by atoms with E-state index in [-0.39, 0.29) is 4.21 Å². The number of H-pyrrole nitrogens is 1. The molecule has 0 saturated carbocycles. The highest BCUT2D eigenvalue weighted by atomic mass is 32.2. The molecule has 0 aliphatic carbocycles. The third-order valence-corrected chi connectivity index (χ3v) is 5.81. The first-order valence-electron chi connectivity index (χ1n) is 6.43. The van der Waals surface area contributed by atoms with Gasteiger partial charge in [-0.05, 0) is 26.7 Å². The van der Waals surface area contributed by atoms with Crippen LogP contribution >= 0.6 is 11.3 Å². The van der Waals surface area contributed by atoms with E-state index < -0.39 is 10.0 Å². The second kappa shape index (κ2) is 5.92. The minimum Gasteiger partial charge on any atom is -0.280 e. The first-order chi connectivity index (χ1) is 9.42. The average molecular weight is 314 g/mol. The molecule has 8 heteroatoms. The number of anilines is 1. The maximum atomic E-state index is 12.3. The van der Waals surface area contributed by atoms with Gasteiger partial charge in [0.1, 0.15) is 0 Å². The Bertz CT molecular complexity index is 688. The average Bonchev–Trinajstić information content (AvgIpc) is 2.93. The monoisotopic (exact) mass is 314 g/mol. The lowest BCUT2D eigenvalue weighted by molar-refractivity contribution is 0.602. The Balaban J connectivity index is 2.16. The van der Waals surface area contributed by atoms with E-state index in [9.17, 15) is 8.42 Å². The van der Waals surface area contributed by atoms with Gasteiger partial charge in [-0.25, -0.2) is 13.4 Å². The third kappa shape index (κ3) is 3.37. The Labute approximate surface area is 122 Å². The van der Waals surface area contributed by atoms with Gasteiger partial charge in [-0.1, -0.05) is 13.3 Å². The van der Waals surface area contributed by atoms with E-state index in [1.54, 1.807) is 19.9 Å². The fraction of sp³-hybridized carbons (Fsp3) is 0.500. The first kappa shape index (κ1) is 15.0. The van der Waals surface area contributed by atoms with E-state index >= 15 is 0 Å². The van der Waals surface area contributed by atoms with Gasteiger partial charge < -0.3 is 0 Å². The van der Waals surface area contributed by atoms with Gasteiger partial charge in [0, 0.05) is 11.8 Å². The maximum Gasteiger partial charge on any atom is 0.274 e. The first-order valence-corrected chi connectivity index (χ1v) is 8.73. The Morgan fingerprint density at radius 3 is 2.75 bits per heavy atom. The molecule has 0 fully saturated rings. The van der Waals surface area contributed by atoms with Crippen molar-refractivity contribution >= 4 is 27.2 Å². The zero-order chi connectivity index (χ0) is 14.8. The number of hydrogen-bond acceptors (Lipinski definition) is 5. The molecule has 20 heavy (non-hydrogen) atoms. The van der Waals surface area contributed by atoms with Crippen LogP contribution in [-0.2, 0) is 16.4 Å². The van der Waals surface area contributed by atoms with Crippen LogP contribution in [0.15, 0.2) is 10.3 Å². The number of nitrogens with zero attached hydrogens (tertiary/aromatic N) is 2. The van der Waals surface area contributed by atoms with Gasteiger partial charge >= 0.3 is 0 Å². The highest BCUT2D eigenvalue weighted by Gasteiger charge is 2.21. The van der Waals surface area contributed by atoms with Crippen molar-refractivity contribution in [3.05, 3.63) is 22.5 Å². The number of thiazole rings is 1. The van der Waals surface area contributed by atoms with Crippen molar-refractivity contribution in [1.82, 2.24) is 15.2 Å². The summed E-state index contributed by atoms with van der Waals surface area (Å²) < 4.78 is 27.3. The number of aromatic amines is 1. The predicted octanol–water partition coefficient (Wildman–Crippen LogP) is 2.63. The van der Waals surface area contributed by atoms with Crippen LogP contribution in [0.3, 0.4) is 0 Å². The van der Waals surface area contributed by atoms with Gasteiger partial charge in [-0.2, -0.15) is 5.10 Å². The molecule has 2 heterocycles. The molecule has 0 saturated heterocycles. The van der Waals surface area contributed by atoms with Crippen molar-refractivity contribution in [2.24, 2.45) is 0 Å². The van der Waals surface area contributed by atoms with Crippen LogP contribution in [0.4, 0.5) is 5.82 Å². The van der Waals surface area contributed by atoms with Crippen molar-refractivity contribution in [1.29, 1.82) is 0 Å². The van der Waals surface area contributed by atoms with Gasteiger partial charge in [-0.3, -0.25) is 9.82 Å². The minimum atomic E-state index is -3.61. The molecule has 0 spiro atoms. The summed E-state index contributed by atoms with van der Waals surface area (Å²) in [6.45, 7) is 5.58. The summed E-state index contributed by atoms with van der Waals surface area (Å²) >= 11 is 1.16. The summed E-state index contributed by atoms with van der Waals surface area (Å²) in [5.74, 6) is 0.321. The number of rotatable bonds is 6. The van der Waals surface area contributed by atoms with Crippen LogP contribution < -0.4 is 4.72 Å². The van der Waals surface area contributed by atoms with Crippen LogP contribution in [-0.4, -0.2) is 23.6 Å². The maximum absolute atomic E-state index is 12.3. The Morgan fingerprint density at radius 2 is 2.15 bits per heavy atom. The SMILES string of the molecule is CCCCc1cc(NS(=O)(=O)c2sc(C)nc2C)n[nH]1. The molecule has 0 aliphatic heterocycles. The van der Waals surface area contributed by atoms with E-state index in [0.29, 0.717) is 11.5 Å². The summed E-state index contributed by atoms with van der Waals surface area (Å²) in [6, 6.07) is 1.73. The van der Waals surface area contributed by atoms with Crippen molar-refractivity contribution < 1.29 is 8.42 Å². The van der Waals surface area contributed by atoms with Gasteiger partial charge in [0.05, 0.1) is 10.7 Å². The lowest BCUT2D eigenvalue weighted by Gasteiger charge is -2.02. The molecule has 0 unspecified atom stereocenters. The molecule has 2 aromatic heterocycles. The molecular formula is C12H18N4O2S2. The predicted molar refractivity (Wildman–Crippen MR) is 79.6 cm³/mol. The van der Waals surface area contributed by atoms with E-state index in [1.807, 2.05) is 0 Å². The number of aromatic nitrogens is 3. The molecule has 0 amide bonds. The van der Waals surface area contributed by atoms with Crippen LogP contribution in [0.25, 0.3) is 0 Å². The van der Waals surface area contributed by atoms with Gasteiger partial charge in [0.2, 0.25) is 0 Å². The van der Waals surface area contributed by atoms with Crippen LogP contribution in [0.2, 0.25) is 0 Å². The topological polar surface area (TPSA) is 87.7 Å². The molecule has 0 radical (unpaired) electrons. The number of aryl methyl sites for hydroxylation is 3. The molecule has 2 rings (SSSR count). The summed E-state index contributed by atoms with van der Waals surface area (Å²) in [7, 11) is -3.61. The highest BCUT2D eigenvalue weighted by Crippen LogP contribution is 2.24. The second-order valence-corrected chi connectivity index (χ2v) is 7.67. The van der Waals surface area contributed by atoms with Crippen LogP contribution in [0.1, 0.15) is 36.2 Å². The third-order valence-electron chi connectivity index (χ3n) is 2.77. The molecular weight excluding hydrogens is 296 g/mol. The van der Waals surface area contributed by atoms with Crippen LogP contribution in [0, 0.1) is 13.8 Å². The van der Waals surface area contributed by atoms with Gasteiger partial charge in [-0.15, -0.1) is 11.3 Å². The Kier molecular flexibility index (Phi) is 4.44. The lowest BCUT2D eigenvalue weighted by Crippen LogP contribution is -2.12. The van der Waals surface area contributed by atoms with E-state index in [0.717, 1.165) is 41.3 Å². The zero-order valence-corrected chi connectivity index (χ0v) is 13.4. The number of sulfonamides is 1. The van der Waals surface area contributed by atoms with Gasteiger partial charge in [0.25, 0.3) is 10.0 Å². The van der Waals surface area contributed by atoms with Gasteiger partial charge in [0.15, 0.2) is 10.0 Å². The van der Waals surface area contributed by atoms with E-state index in [1.165, 1.54) is 0 Å². The smallest absolute Gasteiger partial charge is 0.274 e. The number of hydrogen-bond donors (Lipinski definition) is 2. The molecule has 110 valence electrons. The quantitative estimate of drug-likeness (QED) is 0.858. The molecule has 0 bridgehead atoms. The highest BCUT2D eigenvalue weighted by molar-refractivity contribution is 7.94. The summed E-state index contributed by atoms with van der Waals surface area (Å²) in [5, 5.41) is 7.56. The summed E-state index contributed by atoms with van der Waals surface area (Å²) in [4.78, 5) is 4.14. The van der Waals surface area contributed by atoms with Crippen molar-refractivity contribution in [3.8, 4) is 0 Å². The fourth-order valence-electron chi connectivity index (χ4n) is 1.86. The lowest BCUT2D eigenvalue weighted by atomic mass is 10.2. The summed E-state index contributed by atoms with van der Waals surface area (Å²) in [6.07, 6.45) is 2.99. The van der Waals surface area contributed by atoms with E-state index in [4.69, 9.17) is 0 Å². The van der Waals surface area contributed by atoms with Crippen LogP contribution in [0.5, 0.6) is 0 Å². The Hall–Kier alpha value is -1.41. The Morgan fingerprint density at radius 1 is 1.40 bits per heavy atom. The second-order valence-electron chi connectivity index (χ2n) is 4.59. The van der Waals surface area contributed by atoms with Crippen molar-refractivity contribution in [3.63, 3.8) is 0 Å². The molecule has 2 N–H and O–H groups in total. The summed E-state index contributed by atoms with van der Waals surface area (Å²) in [5.41, 5.74) is 1.45. The normalized spacial score (nSPS) is 11.8. The largest absolute Gasteiger partial charge is 0.280 e. The fourth-order valence-corrected chi connectivity index (χ4v) is 4.33. The van der Waals surface area contributed by atoms with Crippen molar-refractivity contribution in [2.75, 3.05) is 4.72 Å². The molecule has 6 nitrogen and oxygen atoms in total. The van der Waals surface area contributed by atoms with E-state index in [2.05, 4.69) is 26.8 Å². The zero-order valence-electron chi connectivity index (χ0n) is 11.7. The molecule has 2 aromatic rings. The van der Waals surface area contributed by atoms with Crippen molar-refractivity contribution in [2.45, 2.75) is 44.2 Å². The minimum absolute atomic E-state index is 0.244. The molecule has 0 atom stereocenters. The standard InChI is InChI=1S/C12H18N4O2S2/c1-4-5-6-10-7-11(15-14-10)16-20(17,18)12-8(2)13-9(3)19-12/h7H,4-6H2,1-3H3,(H2,14,15,16). The molecule has 0 aromatic carbocycles.